The summed E-state index contributed by atoms with van der Waals surface area (Å²) in [7, 11) is 0. The van der Waals surface area contributed by atoms with E-state index in [0.29, 0.717) is 49.3 Å². The first kappa shape index (κ1) is 33.9. The minimum atomic E-state index is -2.63. The second-order valence-corrected chi connectivity index (χ2v) is 18.3. The predicted octanol–water partition coefficient (Wildman–Crippen LogP) is 13.9. The normalized spacial score (nSPS) is 14.4. The molecule has 2 aromatic heterocycles. The molecule has 10 aromatic rings. The molecule has 0 spiro atoms. The number of para-hydroxylation sites is 4. The average Bonchev–Trinajstić information content (AvgIpc) is 3.91. The van der Waals surface area contributed by atoms with Gasteiger partial charge in [-0.25, -0.2) is 0 Å². The molecule has 8 heteroatoms. The molecular formula is C59H46BN5OPt-2. The van der Waals surface area contributed by atoms with Crippen molar-refractivity contribution in [1.29, 1.82) is 0 Å². The van der Waals surface area contributed by atoms with Gasteiger partial charge in [0.2, 0.25) is 0 Å². The second kappa shape index (κ2) is 17.4. The van der Waals surface area contributed by atoms with Crippen molar-refractivity contribution >= 4 is 46.4 Å². The van der Waals surface area contributed by atoms with E-state index in [1.807, 2.05) is 143 Å². The third-order valence-electron chi connectivity index (χ3n) is 11.9. The van der Waals surface area contributed by atoms with Gasteiger partial charge in [0, 0.05) is 5.69 Å². The topological polar surface area (TPSA) is 38.5 Å². The Kier molecular flexibility index (Phi) is 8.81. The molecule has 1 aliphatic rings. The molecule has 6 nitrogen and oxygen atoms in total. The van der Waals surface area contributed by atoms with Crippen LogP contribution in [-0.2, 0) is 24.8 Å². The molecule has 11 rings (SSSR count). The average molecular weight is 1050 g/mol. The number of fused-ring (bicyclic) bond motifs is 2. The van der Waals surface area contributed by atoms with E-state index in [1.54, 1.807) is 6.07 Å². The van der Waals surface area contributed by atoms with Gasteiger partial charge in [-0.15, -0.1) is 6.07 Å². The van der Waals surface area contributed by atoms with Crippen LogP contribution in [0, 0.1) is 22.8 Å². The molecule has 8 aromatic carbocycles. The Labute approximate surface area is 414 Å². The summed E-state index contributed by atoms with van der Waals surface area (Å²) in [4.78, 5) is 9.61. The molecule has 0 saturated carbocycles. The van der Waals surface area contributed by atoms with Gasteiger partial charge in [-0.1, -0.05) is 48.5 Å². The van der Waals surface area contributed by atoms with Gasteiger partial charge >= 0.3 is 332 Å². The Morgan fingerprint density at radius 1 is 0.672 bits per heavy atom. The number of nitrogens with zero attached hydrogens (tertiary/aromatic N) is 5. The maximum atomic E-state index is 9.25. The van der Waals surface area contributed by atoms with Crippen LogP contribution in [0.2, 0.25) is 0 Å². The summed E-state index contributed by atoms with van der Waals surface area (Å²) in [6.45, 7) is 3.37. The number of aryl methyl sites for hydroxylation is 1. The standard InChI is InChI=1S/C59H46BN5O.Pt/c1-42-37-50(43-21-8-5-9-22-43)58(51(38-42)44-23-18-24-45(39-44)59(2,3)4)63-41-62(52-31-14-15-32-53(52)63)48-29-19-30-49(40-48)66-57-36-20-35-56(61-57)65-55-34-17-16-33-54(55)64(47-27-12-7-13-28-47)60(65)46-25-10-6-11-26-46;/h5-33,35-39H,1-4H3;/q-2;/i1D3,5D,8D,9D,21D,22D;. The summed E-state index contributed by atoms with van der Waals surface area (Å²) >= 11 is 2.23. The van der Waals surface area contributed by atoms with Crippen LogP contribution in [0.25, 0.3) is 44.7 Å². The monoisotopic (exact) mass is 1050 g/mol. The molecule has 0 unspecified atom stereocenters. The maximum absolute atomic E-state index is 9.25. The van der Waals surface area contributed by atoms with Gasteiger partial charge in [-0.2, -0.15) is 12.1 Å². The fourth-order valence-electron chi connectivity index (χ4n) is 8.92. The molecule has 0 fully saturated rings. The van der Waals surface area contributed by atoms with Crippen LogP contribution < -0.4 is 19.8 Å². The van der Waals surface area contributed by atoms with Crippen LogP contribution in [0.5, 0.6) is 11.6 Å². The van der Waals surface area contributed by atoms with E-state index in [0.717, 1.165) is 33.6 Å². The fourth-order valence-corrected chi connectivity index (χ4v) is 9.99. The van der Waals surface area contributed by atoms with Crippen molar-refractivity contribution in [3.63, 3.8) is 0 Å². The number of rotatable bonds is 9. The van der Waals surface area contributed by atoms with Gasteiger partial charge in [0.1, 0.15) is 0 Å². The zero-order valence-electron chi connectivity index (χ0n) is 44.8. The number of hydrogen-bond donors (Lipinski definition) is 0. The van der Waals surface area contributed by atoms with Crippen molar-refractivity contribution in [2.75, 3.05) is 9.62 Å². The molecule has 67 heavy (non-hydrogen) atoms. The van der Waals surface area contributed by atoms with Crippen LogP contribution in [-0.4, -0.2) is 21.1 Å². The van der Waals surface area contributed by atoms with E-state index in [9.17, 15) is 2.74 Å². The Balaban J connectivity index is 1.07. The number of imidazole rings is 1. The predicted molar refractivity (Wildman–Crippen MR) is 271 cm³/mol. The molecule has 0 atom stereocenters. The summed E-state index contributed by atoms with van der Waals surface area (Å²) in [5.74, 6) is 1.37. The number of hydrogen-bond acceptors (Lipinski definition) is 4. The Morgan fingerprint density at radius 3 is 2.13 bits per heavy atom. The zero-order valence-corrected chi connectivity index (χ0v) is 39.1. The number of anilines is 4. The van der Waals surface area contributed by atoms with Gasteiger partial charge in [-0.3, -0.25) is 0 Å². The van der Waals surface area contributed by atoms with Crippen molar-refractivity contribution in [3.8, 4) is 45.3 Å². The Morgan fingerprint density at radius 2 is 1.37 bits per heavy atom. The fraction of sp³-hybridized carbons (Fsp3) is 0.0847. The number of pyridine rings is 1. The summed E-state index contributed by atoms with van der Waals surface area (Å²) in [6, 6.07) is 61.1. The van der Waals surface area contributed by atoms with Crippen LogP contribution >= 0.6 is 0 Å². The van der Waals surface area contributed by atoms with E-state index < -0.39 is 37.1 Å². The third kappa shape index (κ3) is 7.83. The first-order chi connectivity index (χ1) is 36.0. The minimum absolute atomic E-state index is 0.0455. The van der Waals surface area contributed by atoms with Crippen molar-refractivity contribution in [2.45, 2.75) is 33.0 Å². The number of benzene rings is 8. The third-order valence-corrected chi connectivity index (χ3v) is 13.0. The molecule has 0 bridgehead atoms. The number of ether oxygens (including phenoxy) is 1. The van der Waals surface area contributed by atoms with E-state index in [1.165, 1.54) is 6.07 Å². The summed E-state index contributed by atoms with van der Waals surface area (Å²) in [5, 5.41) is 0. The van der Waals surface area contributed by atoms with Gasteiger partial charge in [0.25, 0.3) is 0 Å². The molecule has 3 heterocycles. The molecule has 0 saturated heterocycles. The molecule has 0 aliphatic carbocycles. The first-order valence-electron chi connectivity index (χ1n) is 25.9. The summed E-state index contributed by atoms with van der Waals surface area (Å²) < 4.78 is 81.8. The van der Waals surface area contributed by atoms with Crippen LogP contribution in [0.3, 0.4) is 0 Å². The molecule has 0 amide bonds. The van der Waals surface area contributed by atoms with E-state index in [4.69, 9.17) is 17.9 Å². The van der Waals surface area contributed by atoms with Gasteiger partial charge < -0.3 is 0 Å². The van der Waals surface area contributed by atoms with E-state index >= 15 is 0 Å². The quantitative estimate of drug-likeness (QED) is 0.107. The summed E-state index contributed by atoms with van der Waals surface area (Å²) in [5.41, 5.74) is 8.30. The van der Waals surface area contributed by atoms with Gasteiger partial charge in [0.05, 0.1) is 0 Å². The van der Waals surface area contributed by atoms with Crippen molar-refractivity contribution in [2.24, 2.45) is 0 Å². The van der Waals surface area contributed by atoms with E-state index in [2.05, 4.69) is 92.2 Å². The van der Waals surface area contributed by atoms with Crippen LogP contribution in [0.15, 0.2) is 206 Å². The van der Waals surface area contributed by atoms with Crippen LogP contribution in [0.4, 0.5) is 22.9 Å². The van der Waals surface area contributed by atoms with Gasteiger partial charge in [0.15, 0.2) is 0 Å². The Hall–Kier alpha value is -7.47. The molecule has 0 radical (unpaired) electrons. The first-order valence-corrected chi connectivity index (χ1v) is 23.0. The molecule has 0 N–H and O–H groups in total. The second-order valence-electron chi connectivity index (χ2n) is 17.3. The summed E-state index contributed by atoms with van der Waals surface area (Å²) in [6.07, 6.45) is 0. The number of aromatic nitrogens is 3. The SMILES string of the molecule is [2H]c1c([2H])c([2H])c(-c2cc(C([2H])([2H])[2H])cc(-c3cccc(C(C)(C)C)c3)c2-n2[c](=[Pt])n(-c3[c-]c(Oc4cccc(N5B(c6ccccc6)N(c6ccccc6)c6ccc[c-]c65)n4)ccc3)c3ccccc32)c([2H])c1[2H]. The van der Waals surface area contributed by atoms with Gasteiger partial charge in [-0.05, 0) is 12.1 Å². The van der Waals surface area contributed by atoms with Crippen molar-refractivity contribution in [3.05, 3.63) is 233 Å². The molecule has 328 valence electrons. The van der Waals surface area contributed by atoms with Crippen molar-refractivity contribution < 1.29 is 35.1 Å². The van der Waals surface area contributed by atoms with Crippen molar-refractivity contribution in [1.82, 2.24) is 14.1 Å². The molecule has 1 aliphatic heterocycles. The van der Waals surface area contributed by atoms with Crippen LogP contribution in [0.1, 0.15) is 42.9 Å². The van der Waals surface area contributed by atoms with E-state index in [-0.39, 0.29) is 29.1 Å². The Bertz CT molecular complexity index is 3890. The molecular weight excluding hydrogens is 1000 g/mol. The zero-order chi connectivity index (χ0) is 52.5.